The molecule has 22 heavy (non-hydrogen) atoms. The summed E-state index contributed by atoms with van der Waals surface area (Å²) in [6.07, 6.45) is 3.52. The van der Waals surface area contributed by atoms with Crippen molar-refractivity contribution in [3.63, 3.8) is 0 Å². The number of hydrogen-bond acceptors (Lipinski definition) is 2. The van der Waals surface area contributed by atoms with E-state index in [0.29, 0.717) is 0 Å². The molecule has 0 N–H and O–H groups in total. The lowest BCUT2D eigenvalue weighted by molar-refractivity contribution is 0.417. The highest BCUT2D eigenvalue weighted by Crippen LogP contribution is 2.58. The predicted octanol–water partition coefficient (Wildman–Crippen LogP) is 5.04. The van der Waals surface area contributed by atoms with Crippen LogP contribution in [0.25, 0.3) is 5.57 Å². The fourth-order valence-corrected chi connectivity index (χ4v) is 4.48. The first-order chi connectivity index (χ1) is 10.6. The quantitative estimate of drug-likeness (QED) is 0.778. The number of rotatable bonds is 4. The minimum absolute atomic E-state index is 0.0112. The molecule has 1 nitrogen and oxygen atoms in total. The van der Waals surface area contributed by atoms with E-state index in [-0.39, 0.29) is 4.75 Å². The molecule has 2 aromatic rings. The van der Waals surface area contributed by atoms with E-state index in [2.05, 4.69) is 86.6 Å². The van der Waals surface area contributed by atoms with Crippen LogP contribution in [0.15, 0.2) is 65.6 Å². The van der Waals surface area contributed by atoms with Crippen molar-refractivity contribution in [2.75, 3.05) is 20.6 Å². The first-order valence-corrected chi connectivity index (χ1v) is 8.62. The average molecular weight is 309 g/mol. The van der Waals surface area contributed by atoms with Gasteiger partial charge in [0, 0.05) is 11.4 Å². The zero-order valence-electron chi connectivity index (χ0n) is 13.5. The number of fused-ring (bicyclic) bond motifs is 1. The fraction of sp³-hybridized carbons (Fsp3) is 0.300. The summed E-state index contributed by atoms with van der Waals surface area (Å²) in [6, 6.07) is 19.7. The Morgan fingerprint density at radius 1 is 1.00 bits per heavy atom. The lowest BCUT2D eigenvalue weighted by Crippen LogP contribution is -2.16. The second-order valence-electron chi connectivity index (χ2n) is 6.21. The van der Waals surface area contributed by atoms with Gasteiger partial charge in [-0.25, -0.2) is 0 Å². The first kappa shape index (κ1) is 15.4. The van der Waals surface area contributed by atoms with Gasteiger partial charge in [0.25, 0.3) is 0 Å². The topological polar surface area (TPSA) is 3.24 Å². The molecule has 0 aromatic heterocycles. The van der Waals surface area contributed by atoms with E-state index in [1.807, 2.05) is 11.8 Å². The normalized spacial score (nSPS) is 22.3. The van der Waals surface area contributed by atoms with Crippen molar-refractivity contribution in [1.29, 1.82) is 0 Å². The first-order valence-electron chi connectivity index (χ1n) is 7.80. The van der Waals surface area contributed by atoms with Gasteiger partial charge in [0.2, 0.25) is 0 Å². The van der Waals surface area contributed by atoms with Crippen LogP contribution in [-0.4, -0.2) is 25.5 Å². The Labute approximate surface area is 138 Å². The summed E-state index contributed by atoms with van der Waals surface area (Å²) in [4.78, 5) is 3.63. The van der Waals surface area contributed by atoms with Crippen molar-refractivity contribution in [3.05, 3.63) is 71.8 Å². The third kappa shape index (κ3) is 2.86. The third-order valence-corrected chi connectivity index (χ3v) is 5.69. The minimum Gasteiger partial charge on any atom is -0.309 e. The molecule has 1 aliphatic heterocycles. The summed E-state index contributed by atoms with van der Waals surface area (Å²) in [7, 11) is 4.26. The van der Waals surface area contributed by atoms with Gasteiger partial charge in [-0.05, 0) is 50.2 Å². The molecule has 1 atom stereocenters. The number of nitrogens with zero attached hydrogens (tertiary/aromatic N) is 1. The Balaban J connectivity index is 2.03. The third-order valence-electron chi connectivity index (χ3n) is 4.25. The standard InChI is InChI=1S/C20H23NS/c1-20(16-10-5-4-6-11-16)18(13-9-15-21(2)3)17-12-7-8-14-19(17)22-20/h4-8,10-14H,9,15H2,1-3H3/b18-13+. The molecular weight excluding hydrogens is 286 g/mol. The Morgan fingerprint density at radius 3 is 2.41 bits per heavy atom. The molecule has 0 amide bonds. The summed E-state index contributed by atoms with van der Waals surface area (Å²) in [5.74, 6) is 0. The average Bonchev–Trinajstić information content (AvgIpc) is 2.81. The van der Waals surface area contributed by atoms with Gasteiger partial charge in [-0.1, -0.05) is 54.6 Å². The molecule has 0 saturated heterocycles. The molecule has 0 radical (unpaired) electrons. The Kier molecular flexibility index (Phi) is 4.42. The van der Waals surface area contributed by atoms with Crippen LogP contribution in [0.1, 0.15) is 24.5 Å². The summed E-state index contributed by atoms with van der Waals surface area (Å²) in [5, 5.41) is 0. The van der Waals surface area contributed by atoms with E-state index in [1.54, 1.807) is 0 Å². The monoisotopic (exact) mass is 309 g/mol. The van der Waals surface area contributed by atoms with Crippen LogP contribution in [0.3, 0.4) is 0 Å². The highest BCUT2D eigenvalue weighted by atomic mass is 32.2. The van der Waals surface area contributed by atoms with Gasteiger partial charge >= 0.3 is 0 Å². The highest BCUT2D eigenvalue weighted by Gasteiger charge is 2.39. The van der Waals surface area contributed by atoms with Gasteiger partial charge in [-0.2, -0.15) is 0 Å². The Morgan fingerprint density at radius 2 is 1.68 bits per heavy atom. The summed E-state index contributed by atoms with van der Waals surface area (Å²) < 4.78 is 0.0112. The number of hydrogen-bond donors (Lipinski definition) is 0. The molecule has 2 aromatic carbocycles. The van der Waals surface area contributed by atoms with Crippen LogP contribution in [0.4, 0.5) is 0 Å². The molecule has 2 heteroatoms. The van der Waals surface area contributed by atoms with Crippen molar-refractivity contribution in [2.24, 2.45) is 0 Å². The van der Waals surface area contributed by atoms with E-state index >= 15 is 0 Å². The van der Waals surface area contributed by atoms with Gasteiger partial charge in [-0.3, -0.25) is 0 Å². The smallest absolute Gasteiger partial charge is 0.0679 e. The molecule has 0 aliphatic carbocycles. The number of benzene rings is 2. The lowest BCUT2D eigenvalue weighted by atomic mass is 9.87. The van der Waals surface area contributed by atoms with Crippen molar-refractivity contribution >= 4 is 17.3 Å². The summed E-state index contributed by atoms with van der Waals surface area (Å²) in [6.45, 7) is 3.44. The van der Waals surface area contributed by atoms with Gasteiger partial charge in [-0.15, -0.1) is 11.8 Å². The van der Waals surface area contributed by atoms with Crippen LogP contribution < -0.4 is 0 Å². The molecule has 0 spiro atoms. The van der Waals surface area contributed by atoms with Gasteiger partial charge in [0.15, 0.2) is 0 Å². The molecule has 1 heterocycles. The maximum atomic E-state index is 2.44. The van der Waals surface area contributed by atoms with Gasteiger partial charge in [0.05, 0.1) is 4.75 Å². The predicted molar refractivity (Wildman–Crippen MR) is 97.2 cm³/mol. The summed E-state index contributed by atoms with van der Waals surface area (Å²) in [5.41, 5.74) is 4.24. The Bertz CT molecular complexity index is 675. The maximum absolute atomic E-state index is 2.44. The van der Waals surface area contributed by atoms with Crippen LogP contribution >= 0.6 is 11.8 Å². The van der Waals surface area contributed by atoms with Crippen LogP contribution in [0, 0.1) is 0 Å². The van der Waals surface area contributed by atoms with Crippen LogP contribution in [0.2, 0.25) is 0 Å². The SMILES string of the molecule is CN(C)CC/C=C1\c2ccccc2SC1(C)c1ccccc1. The van der Waals surface area contributed by atoms with E-state index in [0.717, 1.165) is 13.0 Å². The number of thioether (sulfide) groups is 1. The second-order valence-corrected chi connectivity index (χ2v) is 7.67. The fourth-order valence-electron chi connectivity index (χ4n) is 3.05. The van der Waals surface area contributed by atoms with E-state index in [4.69, 9.17) is 0 Å². The van der Waals surface area contributed by atoms with Crippen molar-refractivity contribution in [3.8, 4) is 0 Å². The largest absolute Gasteiger partial charge is 0.309 e. The van der Waals surface area contributed by atoms with Gasteiger partial charge in [0.1, 0.15) is 0 Å². The van der Waals surface area contributed by atoms with Crippen molar-refractivity contribution in [2.45, 2.75) is 23.0 Å². The Hall–Kier alpha value is -1.51. The van der Waals surface area contributed by atoms with Crippen molar-refractivity contribution < 1.29 is 0 Å². The van der Waals surface area contributed by atoms with Gasteiger partial charge < -0.3 is 4.90 Å². The highest BCUT2D eigenvalue weighted by molar-refractivity contribution is 8.01. The maximum Gasteiger partial charge on any atom is 0.0679 e. The van der Waals surface area contributed by atoms with E-state index < -0.39 is 0 Å². The minimum atomic E-state index is 0.0112. The second kappa shape index (κ2) is 6.31. The van der Waals surface area contributed by atoms with Crippen molar-refractivity contribution in [1.82, 2.24) is 4.90 Å². The van der Waals surface area contributed by atoms with Crippen LogP contribution in [-0.2, 0) is 4.75 Å². The summed E-state index contributed by atoms with van der Waals surface area (Å²) >= 11 is 1.98. The molecule has 1 unspecified atom stereocenters. The molecule has 3 rings (SSSR count). The zero-order valence-corrected chi connectivity index (χ0v) is 14.4. The zero-order chi connectivity index (χ0) is 15.6. The lowest BCUT2D eigenvalue weighted by Gasteiger charge is -2.26. The van der Waals surface area contributed by atoms with E-state index in [9.17, 15) is 0 Å². The molecule has 0 saturated carbocycles. The molecule has 0 fully saturated rings. The van der Waals surface area contributed by atoms with Crippen LogP contribution in [0.5, 0.6) is 0 Å². The molecular formula is C20H23NS. The van der Waals surface area contributed by atoms with E-state index in [1.165, 1.54) is 21.6 Å². The molecule has 1 aliphatic rings. The molecule has 114 valence electrons. The molecule has 0 bridgehead atoms.